The molecule has 1 N–H and O–H groups in total. The lowest BCUT2D eigenvalue weighted by Crippen LogP contribution is -2.26. The molecule has 4 heteroatoms. The molecule has 2 rings (SSSR count). The first-order chi connectivity index (χ1) is 6.27. The van der Waals surface area contributed by atoms with Crippen LogP contribution in [0.4, 0.5) is 0 Å². The Morgan fingerprint density at radius 1 is 1.36 bits per heavy atom. The van der Waals surface area contributed by atoms with Crippen LogP contribution in [0.3, 0.4) is 0 Å². The van der Waals surface area contributed by atoms with Crippen molar-refractivity contribution in [3.63, 3.8) is 0 Å². The van der Waals surface area contributed by atoms with Gasteiger partial charge in [0.25, 0.3) is 0 Å². The van der Waals surface area contributed by atoms with Crippen molar-refractivity contribution in [2.24, 2.45) is 0 Å². The molecular formula is C10H9ClO3. The Balaban J connectivity index is 0.000000980. The Bertz CT molecular complexity index is 373. The van der Waals surface area contributed by atoms with E-state index in [4.69, 9.17) is 9.84 Å². The van der Waals surface area contributed by atoms with Gasteiger partial charge in [0.05, 0.1) is 0 Å². The summed E-state index contributed by atoms with van der Waals surface area (Å²) < 4.78 is 5.21. The molecule has 0 aliphatic carbocycles. The van der Waals surface area contributed by atoms with Crippen LogP contribution in [0.25, 0.3) is 6.08 Å². The van der Waals surface area contributed by atoms with Gasteiger partial charge in [0.1, 0.15) is 5.75 Å². The second kappa shape index (κ2) is 4.15. The summed E-state index contributed by atoms with van der Waals surface area (Å²) in [6.45, 7) is 0. The van der Waals surface area contributed by atoms with Gasteiger partial charge in [-0.2, -0.15) is 0 Å². The molecule has 0 spiro atoms. The molecule has 74 valence electrons. The number of benzene rings is 1. The smallest absolute Gasteiger partial charge is 0.349 e. The van der Waals surface area contributed by atoms with Gasteiger partial charge in [-0.25, -0.2) is 4.79 Å². The maximum absolute atomic E-state index is 10.6. The number of aliphatic carboxylic acids is 1. The highest BCUT2D eigenvalue weighted by atomic mass is 35.5. The predicted molar refractivity (Wildman–Crippen MR) is 54.8 cm³/mol. The molecule has 0 aromatic heterocycles. The van der Waals surface area contributed by atoms with E-state index in [2.05, 4.69) is 0 Å². The van der Waals surface area contributed by atoms with E-state index >= 15 is 0 Å². The molecule has 1 aliphatic rings. The molecule has 0 fully saturated rings. The van der Waals surface area contributed by atoms with Crippen LogP contribution in [0.2, 0.25) is 0 Å². The van der Waals surface area contributed by atoms with Crippen molar-refractivity contribution in [2.75, 3.05) is 0 Å². The Morgan fingerprint density at radius 2 is 2.07 bits per heavy atom. The fraction of sp³-hybridized carbons (Fsp3) is 0.100. The van der Waals surface area contributed by atoms with E-state index in [1.807, 2.05) is 18.2 Å². The van der Waals surface area contributed by atoms with E-state index in [0.29, 0.717) is 5.75 Å². The molecule has 0 amide bonds. The van der Waals surface area contributed by atoms with Crippen LogP contribution in [-0.2, 0) is 4.79 Å². The van der Waals surface area contributed by atoms with Crippen LogP contribution in [0.5, 0.6) is 5.75 Å². The zero-order valence-electron chi connectivity index (χ0n) is 7.21. The van der Waals surface area contributed by atoms with Crippen molar-refractivity contribution < 1.29 is 14.6 Å². The Hall–Kier alpha value is -1.48. The monoisotopic (exact) mass is 212 g/mol. The molecule has 0 radical (unpaired) electrons. The summed E-state index contributed by atoms with van der Waals surface area (Å²) in [5.74, 6) is -0.344. The van der Waals surface area contributed by atoms with E-state index in [0.717, 1.165) is 5.56 Å². The molecular weight excluding hydrogens is 204 g/mol. The predicted octanol–water partition coefficient (Wildman–Crippen LogP) is 1.97. The van der Waals surface area contributed by atoms with Gasteiger partial charge in [-0.15, -0.1) is 12.4 Å². The lowest BCUT2D eigenvalue weighted by molar-refractivity contribution is -0.142. The summed E-state index contributed by atoms with van der Waals surface area (Å²) >= 11 is 0. The van der Waals surface area contributed by atoms with Crippen LogP contribution in [0.1, 0.15) is 5.56 Å². The number of rotatable bonds is 1. The summed E-state index contributed by atoms with van der Waals surface area (Å²) in [7, 11) is 0. The average molecular weight is 213 g/mol. The summed E-state index contributed by atoms with van der Waals surface area (Å²) in [4.78, 5) is 10.6. The molecule has 1 atom stereocenters. The minimum absolute atomic E-state index is 0. The number of carbonyl (C=O) groups is 1. The summed E-state index contributed by atoms with van der Waals surface area (Å²) in [5.41, 5.74) is 0.917. The lowest BCUT2D eigenvalue weighted by atomic mass is 10.1. The van der Waals surface area contributed by atoms with E-state index < -0.39 is 12.1 Å². The topological polar surface area (TPSA) is 46.5 Å². The Morgan fingerprint density at radius 3 is 2.79 bits per heavy atom. The number of ether oxygens (including phenoxy) is 1. The van der Waals surface area contributed by atoms with Gasteiger partial charge >= 0.3 is 5.97 Å². The van der Waals surface area contributed by atoms with Crippen molar-refractivity contribution in [1.29, 1.82) is 0 Å². The first kappa shape index (κ1) is 10.6. The normalized spacial score (nSPS) is 17.6. The average Bonchev–Trinajstić information content (AvgIpc) is 2.17. The van der Waals surface area contributed by atoms with Crippen molar-refractivity contribution in [1.82, 2.24) is 0 Å². The molecule has 1 aromatic carbocycles. The van der Waals surface area contributed by atoms with Crippen LogP contribution in [0, 0.1) is 0 Å². The fourth-order valence-electron chi connectivity index (χ4n) is 1.23. The molecule has 1 heterocycles. The molecule has 1 unspecified atom stereocenters. The van der Waals surface area contributed by atoms with Gasteiger partial charge in [-0.3, -0.25) is 0 Å². The van der Waals surface area contributed by atoms with Gasteiger partial charge in [0.2, 0.25) is 6.10 Å². The number of hydrogen-bond acceptors (Lipinski definition) is 2. The number of carboxylic acid groups (broad SMARTS) is 1. The van der Waals surface area contributed by atoms with Gasteiger partial charge in [0, 0.05) is 5.56 Å². The summed E-state index contributed by atoms with van der Waals surface area (Å²) in [6.07, 6.45) is 2.44. The van der Waals surface area contributed by atoms with Crippen LogP contribution >= 0.6 is 12.4 Å². The number of halogens is 1. The molecule has 1 aliphatic heterocycles. The lowest BCUT2D eigenvalue weighted by Gasteiger charge is -2.17. The van der Waals surface area contributed by atoms with Crippen molar-refractivity contribution in [2.45, 2.75) is 6.10 Å². The highest BCUT2D eigenvalue weighted by Crippen LogP contribution is 2.25. The molecule has 0 bridgehead atoms. The third-order valence-electron chi connectivity index (χ3n) is 1.87. The van der Waals surface area contributed by atoms with Crippen LogP contribution in [0.15, 0.2) is 30.3 Å². The summed E-state index contributed by atoms with van der Waals surface area (Å²) in [5, 5.41) is 8.69. The van der Waals surface area contributed by atoms with E-state index in [-0.39, 0.29) is 12.4 Å². The largest absolute Gasteiger partial charge is 0.478 e. The Labute approximate surface area is 87.4 Å². The van der Waals surface area contributed by atoms with Crippen molar-refractivity contribution in [3.8, 4) is 5.75 Å². The molecule has 0 saturated heterocycles. The number of hydrogen-bond donors (Lipinski definition) is 1. The zero-order valence-corrected chi connectivity index (χ0v) is 8.03. The van der Waals surface area contributed by atoms with E-state index in [1.54, 1.807) is 12.1 Å². The molecule has 0 saturated carbocycles. The first-order valence-corrected chi connectivity index (χ1v) is 3.94. The van der Waals surface area contributed by atoms with Gasteiger partial charge < -0.3 is 9.84 Å². The number of para-hydroxylation sites is 1. The maximum atomic E-state index is 10.6. The molecule has 1 aromatic rings. The SMILES string of the molecule is Cl.O=C(O)C1C=Cc2ccccc2O1. The standard InChI is InChI=1S/C10H8O3.ClH/c11-10(12)9-6-5-7-3-1-2-4-8(7)13-9;/h1-6,9H,(H,11,12);1H. The third kappa shape index (κ3) is 1.88. The third-order valence-corrected chi connectivity index (χ3v) is 1.87. The van der Waals surface area contributed by atoms with Gasteiger partial charge in [-0.05, 0) is 12.1 Å². The number of carboxylic acids is 1. The zero-order chi connectivity index (χ0) is 9.26. The quantitative estimate of drug-likeness (QED) is 0.774. The van der Waals surface area contributed by atoms with Gasteiger partial charge in [-0.1, -0.05) is 24.3 Å². The van der Waals surface area contributed by atoms with Gasteiger partial charge in [0.15, 0.2) is 0 Å². The maximum Gasteiger partial charge on any atom is 0.349 e. The molecule has 3 nitrogen and oxygen atoms in total. The van der Waals surface area contributed by atoms with Crippen LogP contribution < -0.4 is 4.74 Å². The van der Waals surface area contributed by atoms with Crippen molar-refractivity contribution >= 4 is 24.5 Å². The second-order valence-corrected chi connectivity index (χ2v) is 2.77. The molecule has 14 heavy (non-hydrogen) atoms. The highest BCUT2D eigenvalue weighted by molar-refractivity contribution is 5.85. The second-order valence-electron chi connectivity index (χ2n) is 2.77. The van der Waals surface area contributed by atoms with E-state index in [1.165, 1.54) is 6.08 Å². The minimum Gasteiger partial charge on any atom is -0.478 e. The van der Waals surface area contributed by atoms with E-state index in [9.17, 15) is 4.79 Å². The summed E-state index contributed by atoms with van der Waals surface area (Å²) in [6, 6.07) is 7.34. The fourth-order valence-corrected chi connectivity index (χ4v) is 1.23. The Kier molecular flexibility index (Phi) is 3.14. The highest BCUT2D eigenvalue weighted by Gasteiger charge is 2.20. The number of fused-ring (bicyclic) bond motifs is 1. The van der Waals surface area contributed by atoms with Crippen molar-refractivity contribution in [3.05, 3.63) is 35.9 Å². The van der Waals surface area contributed by atoms with Crippen LogP contribution in [-0.4, -0.2) is 17.2 Å². The minimum atomic E-state index is -0.967. The first-order valence-electron chi connectivity index (χ1n) is 3.94.